The van der Waals surface area contributed by atoms with Crippen LogP contribution in [0.1, 0.15) is 12.5 Å². The Balaban J connectivity index is 2.02. The van der Waals surface area contributed by atoms with Crippen LogP contribution in [-0.4, -0.2) is 22.3 Å². The van der Waals surface area contributed by atoms with Crippen LogP contribution in [0.15, 0.2) is 76.0 Å². The maximum absolute atomic E-state index is 4.80. The van der Waals surface area contributed by atoms with Gasteiger partial charge < -0.3 is 0 Å². The van der Waals surface area contributed by atoms with Crippen molar-refractivity contribution in [1.29, 1.82) is 0 Å². The fraction of sp³-hybridized carbons (Fsp3) is 0.250. The molecule has 0 spiro atoms. The molecular weight excluding hydrogens is 350 g/mol. The van der Waals surface area contributed by atoms with Crippen LogP contribution in [-0.2, 0) is 0 Å². The zero-order valence-electron chi connectivity index (χ0n) is 14.1. The van der Waals surface area contributed by atoms with Crippen LogP contribution in [0.5, 0.6) is 0 Å². The van der Waals surface area contributed by atoms with Crippen molar-refractivity contribution in [1.82, 2.24) is 0 Å². The maximum atomic E-state index is 4.80. The van der Waals surface area contributed by atoms with Gasteiger partial charge in [0.25, 0.3) is 0 Å². The number of aliphatic imine (C=N–C) groups is 1. The Morgan fingerprint density at radius 2 is 1.75 bits per heavy atom. The number of hydrogen-bond donors (Lipinski definition) is 0. The van der Waals surface area contributed by atoms with Crippen molar-refractivity contribution in [3.8, 4) is 0 Å². The van der Waals surface area contributed by atoms with E-state index in [1.54, 1.807) is 11.8 Å². The molecule has 0 saturated carbocycles. The van der Waals surface area contributed by atoms with Gasteiger partial charge in [-0.25, -0.2) is 4.99 Å². The van der Waals surface area contributed by atoms with E-state index in [4.69, 9.17) is 4.99 Å². The standard InChI is InChI=1S/C20H23NS3/c1-3-22-15-16-24-20(21-18-11-9-17(2)10-12-18)13-14-23-19-7-5-4-6-8-19/h4-14H,3,15-16H2,1-2H3. The molecule has 0 aliphatic heterocycles. The number of rotatable bonds is 8. The molecule has 24 heavy (non-hydrogen) atoms. The first-order chi connectivity index (χ1) is 11.8. The Morgan fingerprint density at radius 3 is 2.46 bits per heavy atom. The van der Waals surface area contributed by atoms with Gasteiger partial charge in [-0.2, -0.15) is 11.8 Å². The third-order valence-corrected chi connectivity index (χ3v) is 6.02. The molecule has 0 amide bonds. The van der Waals surface area contributed by atoms with Crippen LogP contribution in [0.2, 0.25) is 0 Å². The second-order valence-corrected chi connectivity index (χ2v) is 8.55. The summed E-state index contributed by atoms with van der Waals surface area (Å²) in [7, 11) is 0. The predicted molar refractivity (Wildman–Crippen MR) is 115 cm³/mol. The molecule has 0 aromatic heterocycles. The van der Waals surface area contributed by atoms with Gasteiger partial charge in [-0.15, -0.1) is 11.8 Å². The topological polar surface area (TPSA) is 12.4 Å². The minimum absolute atomic E-state index is 1.01. The summed E-state index contributed by atoms with van der Waals surface area (Å²) in [5.74, 6) is 3.42. The highest BCUT2D eigenvalue weighted by Crippen LogP contribution is 2.22. The molecule has 0 bridgehead atoms. The van der Waals surface area contributed by atoms with Crippen molar-refractivity contribution in [2.75, 3.05) is 17.3 Å². The zero-order valence-corrected chi connectivity index (χ0v) is 16.6. The van der Waals surface area contributed by atoms with Gasteiger partial charge in [0, 0.05) is 16.4 Å². The summed E-state index contributed by atoms with van der Waals surface area (Å²) < 4.78 is 0. The Kier molecular flexibility index (Phi) is 9.18. The van der Waals surface area contributed by atoms with Crippen LogP contribution < -0.4 is 0 Å². The van der Waals surface area contributed by atoms with E-state index < -0.39 is 0 Å². The largest absolute Gasteiger partial charge is 0.242 e. The fourth-order valence-electron chi connectivity index (χ4n) is 1.88. The molecule has 0 fully saturated rings. The molecule has 0 unspecified atom stereocenters. The molecule has 2 aromatic rings. The van der Waals surface area contributed by atoms with E-state index in [1.807, 2.05) is 29.6 Å². The van der Waals surface area contributed by atoms with Crippen LogP contribution in [0.4, 0.5) is 5.69 Å². The zero-order chi connectivity index (χ0) is 17.0. The van der Waals surface area contributed by atoms with E-state index in [1.165, 1.54) is 16.2 Å². The lowest BCUT2D eigenvalue weighted by molar-refractivity contribution is 1.44. The molecule has 0 aliphatic carbocycles. The number of hydrogen-bond acceptors (Lipinski definition) is 4. The third-order valence-electron chi connectivity index (χ3n) is 3.11. The molecule has 0 radical (unpaired) electrons. The van der Waals surface area contributed by atoms with E-state index in [9.17, 15) is 0 Å². The SMILES string of the molecule is CCSCCSC(C=CSc1ccccc1)=Nc1ccc(C)cc1. The molecule has 1 nitrogen and oxygen atoms in total. The smallest absolute Gasteiger partial charge is 0.0972 e. The van der Waals surface area contributed by atoms with Crippen LogP contribution in [0, 0.1) is 6.92 Å². The lowest BCUT2D eigenvalue weighted by Gasteiger charge is -2.03. The lowest BCUT2D eigenvalue weighted by Crippen LogP contribution is -1.92. The summed E-state index contributed by atoms with van der Waals surface area (Å²) in [6, 6.07) is 18.8. The Bertz CT molecular complexity index is 648. The van der Waals surface area contributed by atoms with Gasteiger partial charge in [0.15, 0.2) is 0 Å². The van der Waals surface area contributed by atoms with Gasteiger partial charge in [0.05, 0.1) is 10.7 Å². The first-order valence-electron chi connectivity index (χ1n) is 8.02. The second kappa shape index (κ2) is 11.5. The highest BCUT2D eigenvalue weighted by molar-refractivity contribution is 8.15. The molecule has 4 heteroatoms. The predicted octanol–water partition coefficient (Wildman–Crippen LogP) is 6.82. The number of nitrogens with zero attached hydrogens (tertiary/aromatic N) is 1. The van der Waals surface area contributed by atoms with Crippen LogP contribution in [0.25, 0.3) is 0 Å². The Hall–Kier alpha value is -1.10. The monoisotopic (exact) mass is 373 g/mol. The van der Waals surface area contributed by atoms with E-state index in [0.717, 1.165) is 22.2 Å². The van der Waals surface area contributed by atoms with Gasteiger partial charge in [0.2, 0.25) is 0 Å². The molecule has 0 saturated heterocycles. The van der Waals surface area contributed by atoms with E-state index in [-0.39, 0.29) is 0 Å². The Labute approximate surface area is 158 Å². The van der Waals surface area contributed by atoms with Gasteiger partial charge in [-0.3, -0.25) is 0 Å². The highest BCUT2D eigenvalue weighted by atomic mass is 32.2. The molecule has 2 aromatic carbocycles. The van der Waals surface area contributed by atoms with Crippen molar-refractivity contribution in [3.63, 3.8) is 0 Å². The van der Waals surface area contributed by atoms with Gasteiger partial charge in [-0.05, 0) is 48.4 Å². The summed E-state index contributed by atoms with van der Waals surface area (Å²) in [5, 5.41) is 3.20. The van der Waals surface area contributed by atoms with Crippen LogP contribution >= 0.6 is 35.3 Å². The van der Waals surface area contributed by atoms with Crippen molar-refractivity contribution in [2.24, 2.45) is 4.99 Å². The van der Waals surface area contributed by atoms with Gasteiger partial charge in [-0.1, -0.05) is 54.6 Å². The quantitative estimate of drug-likeness (QED) is 0.218. The molecular formula is C20H23NS3. The average Bonchev–Trinajstić information content (AvgIpc) is 2.61. The average molecular weight is 374 g/mol. The molecule has 0 N–H and O–H groups in total. The minimum atomic E-state index is 1.01. The first kappa shape index (κ1) is 19.2. The fourth-order valence-corrected chi connectivity index (χ4v) is 4.27. The molecule has 2 rings (SSSR count). The first-order valence-corrected chi connectivity index (χ1v) is 11.0. The number of aryl methyl sites for hydroxylation is 1. The summed E-state index contributed by atoms with van der Waals surface area (Å²) >= 11 is 5.52. The molecule has 0 atom stereocenters. The highest BCUT2D eigenvalue weighted by Gasteiger charge is 1.99. The molecule has 126 valence electrons. The van der Waals surface area contributed by atoms with E-state index >= 15 is 0 Å². The third kappa shape index (κ3) is 7.65. The van der Waals surface area contributed by atoms with Gasteiger partial charge >= 0.3 is 0 Å². The van der Waals surface area contributed by atoms with Gasteiger partial charge in [0.1, 0.15) is 0 Å². The molecule has 0 heterocycles. The summed E-state index contributed by atoms with van der Waals surface area (Å²) in [4.78, 5) is 6.04. The number of benzene rings is 2. The maximum Gasteiger partial charge on any atom is 0.0972 e. The number of thioether (sulfide) groups is 3. The van der Waals surface area contributed by atoms with Crippen LogP contribution in [0.3, 0.4) is 0 Å². The lowest BCUT2D eigenvalue weighted by atomic mass is 10.2. The van der Waals surface area contributed by atoms with Crippen molar-refractivity contribution in [3.05, 3.63) is 71.6 Å². The van der Waals surface area contributed by atoms with E-state index in [0.29, 0.717) is 0 Å². The summed E-state index contributed by atoms with van der Waals surface area (Å²) in [5.41, 5.74) is 2.28. The summed E-state index contributed by atoms with van der Waals surface area (Å²) in [6.45, 7) is 4.30. The minimum Gasteiger partial charge on any atom is -0.242 e. The summed E-state index contributed by atoms with van der Waals surface area (Å²) in [6.07, 6.45) is 2.12. The second-order valence-electron chi connectivity index (χ2n) is 5.06. The van der Waals surface area contributed by atoms with Crippen molar-refractivity contribution < 1.29 is 0 Å². The van der Waals surface area contributed by atoms with E-state index in [2.05, 4.69) is 73.9 Å². The normalized spacial score (nSPS) is 12.0. The van der Waals surface area contributed by atoms with Crippen molar-refractivity contribution in [2.45, 2.75) is 18.7 Å². The van der Waals surface area contributed by atoms with Crippen molar-refractivity contribution >= 4 is 46.0 Å². The molecule has 0 aliphatic rings. The Morgan fingerprint density at radius 1 is 1.00 bits per heavy atom.